The standard InChI is InChI=1S/C23H24F2N2O5S/c1-13-20(15-6-8-16(9-7-15)32-22(24)25)27-23(33-13)26-19(28)10-5-14-11-17(29-2)21(31-4)18(12-14)30-3/h6-9,11-12,22H,5,10H2,1-4H3,(H,26,27,28). The maximum Gasteiger partial charge on any atom is 0.387 e. The smallest absolute Gasteiger partial charge is 0.387 e. The molecule has 0 saturated heterocycles. The number of hydrogen-bond acceptors (Lipinski definition) is 7. The summed E-state index contributed by atoms with van der Waals surface area (Å²) < 4.78 is 45.0. The zero-order valence-electron chi connectivity index (χ0n) is 18.6. The molecule has 0 spiro atoms. The van der Waals surface area contributed by atoms with Crippen molar-refractivity contribution in [1.29, 1.82) is 0 Å². The number of nitrogens with zero attached hydrogens (tertiary/aromatic N) is 1. The highest BCUT2D eigenvalue weighted by atomic mass is 32.1. The average Bonchev–Trinajstić information content (AvgIpc) is 3.16. The van der Waals surface area contributed by atoms with Gasteiger partial charge in [0.05, 0.1) is 27.0 Å². The van der Waals surface area contributed by atoms with Crippen molar-refractivity contribution in [2.45, 2.75) is 26.4 Å². The van der Waals surface area contributed by atoms with Gasteiger partial charge in [0, 0.05) is 16.9 Å². The highest BCUT2D eigenvalue weighted by molar-refractivity contribution is 7.16. The normalized spacial score (nSPS) is 10.8. The van der Waals surface area contributed by atoms with Crippen molar-refractivity contribution in [2.75, 3.05) is 26.6 Å². The Morgan fingerprint density at radius 1 is 1.06 bits per heavy atom. The minimum atomic E-state index is -2.88. The first-order chi connectivity index (χ1) is 15.8. The van der Waals surface area contributed by atoms with Crippen LogP contribution in [0.1, 0.15) is 16.9 Å². The number of benzene rings is 2. The van der Waals surface area contributed by atoms with Crippen LogP contribution >= 0.6 is 11.3 Å². The van der Waals surface area contributed by atoms with E-state index in [0.717, 1.165) is 16.0 Å². The lowest BCUT2D eigenvalue weighted by molar-refractivity contribution is -0.116. The largest absolute Gasteiger partial charge is 0.493 e. The van der Waals surface area contributed by atoms with Crippen molar-refractivity contribution in [1.82, 2.24) is 4.98 Å². The Kier molecular flexibility index (Phi) is 8.05. The SMILES string of the molecule is COc1cc(CCC(=O)Nc2nc(-c3ccc(OC(F)F)cc3)c(C)s2)cc(OC)c1OC. The Labute approximate surface area is 194 Å². The van der Waals surface area contributed by atoms with Gasteiger partial charge in [0.15, 0.2) is 16.6 Å². The van der Waals surface area contributed by atoms with Crippen LogP contribution in [-0.4, -0.2) is 38.8 Å². The number of alkyl halides is 2. The number of nitrogens with one attached hydrogen (secondary N) is 1. The number of ether oxygens (including phenoxy) is 4. The highest BCUT2D eigenvalue weighted by Crippen LogP contribution is 2.38. The van der Waals surface area contributed by atoms with Crippen molar-refractivity contribution >= 4 is 22.4 Å². The number of halogens is 2. The van der Waals surface area contributed by atoms with Gasteiger partial charge in [0.2, 0.25) is 11.7 Å². The molecule has 0 unspecified atom stereocenters. The fraction of sp³-hybridized carbons (Fsp3) is 0.304. The molecule has 1 heterocycles. The first kappa shape index (κ1) is 24.2. The number of hydrogen-bond donors (Lipinski definition) is 1. The van der Waals surface area contributed by atoms with Gasteiger partial charge in [-0.05, 0) is 55.3 Å². The molecule has 0 bridgehead atoms. The molecule has 2 aromatic carbocycles. The Morgan fingerprint density at radius 2 is 1.70 bits per heavy atom. The zero-order valence-corrected chi connectivity index (χ0v) is 19.4. The van der Waals surface area contributed by atoms with E-state index in [1.54, 1.807) is 12.1 Å². The van der Waals surface area contributed by atoms with Crippen molar-refractivity contribution in [3.05, 3.63) is 46.8 Å². The molecule has 0 aliphatic carbocycles. The van der Waals surface area contributed by atoms with Gasteiger partial charge >= 0.3 is 6.61 Å². The van der Waals surface area contributed by atoms with Crippen LogP contribution in [0.3, 0.4) is 0 Å². The third-order valence-electron chi connectivity index (χ3n) is 4.76. The van der Waals surface area contributed by atoms with E-state index in [1.807, 2.05) is 19.1 Å². The Hall–Kier alpha value is -3.40. The summed E-state index contributed by atoms with van der Waals surface area (Å²) in [6, 6.07) is 9.82. The quantitative estimate of drug-likeness (QED) is 0.425. The maximum absolute atomic E-state index is 12.5. The third-order valence-corrected chi connectivity index (χ3v) is 5.65. The van der Waals surface area contributed by atoms with Gasteiger partial charge in [-0.3, -0.25) is 4.79 Å². The van der Waals surface area contributed by atoms with E-state index in [0.29, 0.717) is 34.5 Å². The molecular formula is C23H24F2N2O5S. The molecule has 1 aromatic heterocycles. The van der Waals surface area contributed by atoms with Crippen LogP contribution in [-0.2, 0) is 11.2 Å². The summed E-state index contributed by atoms with van der Waals surface area (Å²) >= 11 is 1.34. The number of thiazole rings is 1. The molecule has 3 aromatic rings. The number of carbonyl (C=O) groups is 1. The fourth-order valence-electron chi connectivity index (χ4n) is 3.23. The van der Waals surface area contributed by atoms with Gasteiger partial charge in [-0.2, -0.15) is 8.78 Å². The van der Waals surface area contributed by atoms with Crippen molar-refractivity contribution in [3.63, 3.8) is 0 Å². The number of amides is 1. The minimum Gasteiger partial charge on any atom is -0.493 e. The van der Waals surface area contributed by atoms with Gasteiger partial charge < -0.3 is 24.3 Å². The molecule has 3 rings (SSSR count). The summed E-state index contributed by atoms with van der Waals surface area (Å²) in [5.41, 5.74) is 2.27. The number of methoxy groups -OCH3 is 3. The van der Waals surface area contributed by atoms with Crippen LogP contribution in [0.4, 0.5) is 13.9 Å². The van der Waals surface area contributed by atoms with Gasteiger partial charge in [-0.1, -0.05) is 0 Å². The Balaban J connectivity index is 1.65. The predicted molar refractivity (Wildman–Crippen MR) is 122 cm³/mol. The molecule has 33 heavy (non-hydrogen) atoms. The third kappa shape index (κ3) is 6.10. The van der Waals surface area contributed by atoms with E-state index >= 15 is 0 Å². The van der Waals surface area contributed by atoms with E-state index in [4.69, 9.17) is 14.2 Å². The molecule has 10 heteroatoms. The van der Waals surface area contributed by atoms with Gasteiger partial charge in [-0.25, -0.2) is 4.98 Å². The van der Waals surface area contributed by atoms with Crippen LogP contribution in [0.2, 0.25) is 0 Å². The highest BCUT2D eigenvalue weighted by Gasteiger charge is 2.16. The lowest BCUT2D eigenvalue weighted by Gasteiger charge is -2.14. The Morgan fingerprint density at radius 3 is 2.24 bits per heavy atom. The van der Waals surface area contributed by atoms with Crippen LogP contribution in [0.25, 0.3) is 11.3 Å². The van der Waals surface area contributed by atoms with Crippen LogP contribution in [0, 0.1) is 6.92 Å². The van der Waals surface area contributed by atoms with Gasteiger partial charge in [0.1, 0.15) is 5.75 Å². The van der Waals surface area contributed by atoms with Gasteiger partial charge in [-0.15, -0.1) is 11.3 Å². The predicted octanol–water partition coefficient (Wildman–Crippen LogP) is 5.32. The second-order valence-electron chi connectivity index (χ2n) is 6.91. The van der Waals surface area contributed by atoms with Crippen LogP contribution in [0.5, 0.6) is 23.0 Å². The number of aryl methyl sites for hydroxylation is 2. The lowest BCUT2D eigenvalue weighted by Crippen LogP contribution is -2.12. The van der Waals surface area contributed by atoms with E-state index in [9.17, 15) is 13.6 Å². The summed E-state index contributed by atoms with van der Waals surface area (Å²) in [7, 11) is 4.61. The number of aromatic nitrogens is 1. The number of rotatable bonds is 10. The first-order valence-electron chi connectivity index (χ1n) is 9.96. The second-order valence-corrected chi connectivity index (χ2v) is 8.11. The molecule has 0 aliphatic rings. The summed E-state index contributed by atoms with van der Waals surface area (Å²) in [4.78, 5) is 17.9. The number of carbonyl (C=O) groups excluding carboxylic acids is 1. The molecule has 1 N–H and O–H groups in total. The van der Waals surface area contributed by atoms with Crippen molar-refractivity contribution in [3.8, 4) is 34.3 Å². The maximum atomic E-state index is 12.5. The monoisotopic (exact) mass is 478 g/mol. The van der Waals surface area contributed by atoms with E-state index in [2.05, 4.69) is 15.0 Å². The van der Waals surface area contributed by atoms with Crippen molar-refractivity contribution < 1.29 is 32.5 Å². The molecule has 0 radical (unpaired) electrons. The summed E-state index contributed by atoms with van der Waals surface area (Å²) in [6.07, 6.45) is 0.692. The second kappa shape index (κ2) is 11.0. The fourth-order valence-corrected chi connectivity index (χ4v) is 4.08. The molecule has 0 aliphatic heterocycles. The van der Waals surface area contributed by atoms with Crippen molar-refractivity contribution in [2.24, 2.45) is 0 Å². The molecule has 0 saturated carbocycles. The molecule has 0 atom stereocenters. The molecule has 1 amide bonds. The molecular weight excluding hydrogens is 454 g/mol. The van der Waals surface area contributed by atoms with E-state index in [1.165, 1.54) is 44.8 Å². The lowest BCUT2D eigenvalue weighted by atomic mass is 10.1. The summed E-state index contributed by atoms with van der Waals surface area (Å²) in [5, 5.41) is 3.28. The topological polar surface area (TPSA) is 78.9 Å². The summed E-state index contributed by atoms with van der Waals surface area (Å²) in [6.45, 7) is -0.999. The zero-order chi connectivity index (χ0) is 24.0. The van der Waals surface area contributed by atoms with Crippen LogP contribution < -0.4 is 24.3 Å². The Bertz CT molecular complexity index is 1080. The number of anilines is 1. The minimum absolute atomic E-state index is 0.0713. The molecule has 7 nitrogen and oxygen atoms in total. The molecule has 176 valence electrons. The van der Waals surface area contributed by atoms with Gasteiger partial charge in [0.25, 0.3) is 0 Å². The average molecular weight is 479 g/mol. The summed E-state index contributed by atoms with van der Waals surface area (Å²) in [5.74, 6) is 1.43. The van der Waals surface area contributed by atoms with E-state index < -0.39 is 6.61 Å². The molecule has 0 fully saturated rings. The first-order valence-corrected chi connectivity index (χ1v) is 10.8. The van der Waals surface area contributed by atoms with Crippen LogP contribution in [0.15, 0.2) is 36.4 Å². The van der Waals surface area contributed by atoms with E-state index in [-0.39, 0.29) is 18.1 Å².